The van der Waals surface area contributed by atoms with Gasteiger partial charge in [0.25, 0.3) is 0 Å². The number of hydrogen-bond acceptors (Lipinski definition) is 1. The molecule has 0 bridgehead atoms. The van der Waals surface area contributed by atoms with Gasteiger partial charge in [0.2, 0.25) is 0 Å². The summed E-state index contributed by atoms with van der Waals surface area (Å²) in [7, 11) is 0. The molecule has 0 fully saturated rings. The highest BCUT2D eigenvalue weighted by molar-refractivity contribution is 5.48. The molecule has 0 aliphatic heterocycles. The second kappa shape index (κ2) is 5.72. The van der Waals surface area contributed by atoms with Crippen LogP contribution >= 0.6 is 0 Å². The van der Waals surface area contributed by atoms with Gasteiger partial charge in [-0.3, -0.25) is 0 Å². The fourth-order valence-corrected chi connectivity index (χ4v) is 1.75. The van der Waals surface area contributed by atoms with Crippen molar-refractivity contribution in [3.63, 3.8) is 0 Å². The minimum absolute atomic E-state index is 0.189. The van der Waals surface area contributed by atoms with Crippen LogP contribution in [0, 0.1) is 5.41 Å². The Labute approximate surface area is 105 Å². The van der Waals surface area contributed by atoms with Gasteiger partial charge in [0, 0.05) is 11.4 Å². The molecule has 1 rings (SSSR count). The largest absolute Gasteiger partial charge is 0.359 e. The van der Waals surface area contributed by atoms with Crippen molar-refractivity contribution >= 4 is 5.69 Å². The maximum atomic E-state index is 3.40. The molecule has 92 valence electrons. The average Bonchev–Trinajstić information content (AvgIpc) is 2.25. The minimum Gasteiger partial charge on any atom is -0.359 e. The number of anilines is 1. The summed E-state index contributed by atoms with van der Waals surface area (Å²) in [5.41, 5.74) is 3.83. The molecule has 0 saturated carbocycles. The number of rotatable bonds is 3. The van der Waals surface area contributed by atoms with E-state index in [1.807, 2.05) is 18.2 Å². The molecule has 1 heteroatoms. The van der Waals surface area contributed by atoms with E-state index in [-0.39, 0.29) is 5.41 Å². The van der Waals surface area contributed by atoms with Crippen LogP contribution in [-0.4, -0.2) is 0 Å². The Morgan fingerprint density at radius 2 is 1.71 bits per heavy atom. The third kappa shape index (κ3) is 4.48. The predicted molar refractivity (Wildman–Crippen MR) is 77.0 cm³/mol. The number of benzene rings is 1. The van der Waals surface area contributed by atoms with Gasteiger partial charge in [-0.25, -0.2) is 0 Å². The molecule has 17 heavy (non-hydrogen) atoms. The fourth-order valence-electron chi connectivity index (χ4n) is 1.75. The highest BCUT2D eigenvalue weighted by atomic mass is 14.9. The van der Waals surface area contributed by atoms with Crippen molar-refractivity contribution in [1.82, 2.24) is 0 Å². The molecule has 0 saturated heterocycles. The van der Waals surface area contributed by atoms with Crippen LogP contribution in [-0.2, 0) is 0 Å². The van der Waals surface area contributed by atoms with Crippen molar-refractivity contribution in [1.29, 1.82) is 0 Å². The molecule has 0 radical (unpaired) electrons. The van der Waals surface area contributed by atoms with Crippen molar-refractivity contribution in [2.24, 2.45) is 5.41 Å². The van der Waals surface area contributed by atoms with Crippen molar-refractivity contribution < 1.29 is 0 Å². The topological polar surface area (TPSA) is 12.0 Å². The Hall–Kier alpha value is -1.50. The molecule has 0 unspecified atom stereocenters. The smallest absolute Gasteiger partial charge is 0.0381 e. The van der Waals surface area contributed by atoms with Gasteiger partial charge in [-0.2, -0.15) is 0 Å². The summed E-state index contributed by atoms with van der Waals surface area (Å²) in [6.45, 7) is 10.9. The Kier molecular flexibility index (Phi) is 4.56. The first-order chi connectivity index (χ1) is 7.93. The normalized spacial score (nSPS) is 13.7. The second-order valence-corrected chi connectivity index (χ2v) is 5.31. The molecule has 0 heterocycles. The first-order valence-electron chi connectivity index (χ1n) is 6.10. The lowest BCUT2D eigenvalue weighted by molar-refractivity contribution is 0.515. The molecule has 0 spiro atoms. The molecule has 0 aromatic heterocycles. The molecule has 0 amide bonds. The van der Waals surface area contributed by atoms with E-state index in [1.54, 1.807) is 0 Å². The zero-order chi connectivity index (χ0) is 12.9. The predicted octanol–water partition coefficient (Wildman–Crippen LogP) is 4.99. The standard InChI is InChI=1S/C16H23N/c1-6-14(16(3,4)5)12-13(2)17-15-10-8-7-9-11-15/h6-12,17H,1-5H3/b13-12+,14-6+. The van der Waals surface area contributed by atoms with Gasteiger partial charge in [-0.1, -0.05) is 45.0 Å². The van der Waals surface area contributed by atoms with E-state index in [0.717, 1.165) is 5.69 Å². The molecular weight excluding hydrogens is 206 g/mol. The third-order valence-corrected chi connectivity index (χ3v) is 2.66. The maximum absolute atomic E-state index is 3.40. The average molecular weight is 229 g/mol. The lowest BCUT2D eigenvalue weighted by Gasteiger charge is -2.21. The Bertz CT molecular complexity index is 405. The van der Waals surface area contributed by atoms with Crippen LogP contribution in [0.3, 0.4) is 0 Å². The lowest BCUT2D eigenvalue weighted by Crippen LogP contribution is -2.09. The number of hydrogen-bond donors (Lipinski definition) is 1. The number of allylic oxidation sites excluding steroid dienone is 4. The first-order valence-corrected chi connectivity index (χ1v) is 6.10. The van der Waals surface area contributed by atoms with Gasteiger partial charge in [-0.05, 0) is 43.0 Å². The fraction of sp³-hybridized carbons (Fsp3) is 0.375. The summed E-state index contributed by atoms with van der Waals surface area (Å²) in [6.07, 6.45) is 4.39. The van der Waals surface area contributed by atoms with Crippen molar-refractivity contribution in [3.8, 4) is 0 Å². The molecule has 1 N–H and O–H groups in total. The molecular formula is C16H23N. The van der Waals surface area contributed by atoms with Gasteiger partial charge in [0.05, 0.1) is 0 Å². The van der Waals surface area contributed by atoms with Crippen LogP contribution in [0.5, 0.6) is 0 Å². The lowest BCUT2D eigenvalue weighted by atomic mass is 9.86. The summed E-state index contributed by atoms with van der Waals surface area (Å²) < 4.78 is 0. The third-order valence-electron chi connectivity index (χ3n) is 2.66. The second-order valence-electron chi connectivity index (χ2n) is 5.31. The monoisotopic (exact) mass is 229 g/mol. The van der Waals surface area contributed by atoms with Crippen LogP contribution in [0.2, 0.25) is 0 Å². The van der Waals surface area contributed by atoms with Gasteiger partial charge in [-0.15, -0.1) is 0 Å². The summed E-state index contributed by atoms with van der Waals surface area (Å²) >= 11 is 0. The molecule has 1 aromatic carbocycles. The van der Waals surface area contributed by atoms with Crippen molar-refractivity contribution in [3.05, 3.63) is 53.8 Å². The van der Waals surface area contributed by atoms with E-state index in [0.29, 0.717) is 0 Å². The minimum atomic E-state index is 0.189. The van der Waals surface area contributed by atoms with E-state index in [4.69, 9.17) is 0 Å². The van der Waals surface area contributed by atoms with E-state index < -0.39 is 0 Å². The quantitative estimate of drug-likeness (QED) is 0.720. The van der Waals surface area contributed by atoms with Gasteiger partial charge < -0.3 is 5.32 Å². The van der Waals surface area contributed by atoms with Crippen LogP contribution in [0.1, 0.15) is 34.6 Å². The Balaban J connectivity index is 2.80. The highest BCUT2D eigenvalue weighted by Crippen LogP contribution is 2.27. The SMILES string of the molecule is C/C=C(\C=C(/C)Nc1ccccc1)C(C)(C)C. The summed E-state index contributed by atoms with van der Waals surface area (Å²) in [5, 5.41) is 3.40. The van der Waals surface area contributed by atoms with Crippen molar-refractivity contribution in [2.75, 3.05) is 5.32 Å². The Morgan fingerprint density at radius 1 is 1.12 bits per heavy atom. The van der Waals surface area contributed by atoms with Crippen LogP contribution in [0.25, 0.3) is 0 Å². The Morgan fingerprint density at radius 3 is 2.18 bits per heavy atom. The zero-order valence-electron chi connectivity index (χ0n) is 11.5. The summed E-state index contributed by atoms with van der Waals surface area (Å²) in [6, 6.07) is 10.2. The van der Waals surface area contributed by atoms with E-state index >= 15 is 0 Å². The maximum Gasteiger partial charge on any atom is 0.0381 e. The molecule has 0 aliphatic rings. The van der Waals surface area contributed by atoms with E-state index in [2.05, 4.69) is 64.2 Å². The molecule has 1 nitrogen and oxygen atoms in total. The van der Waals surface area contributed by atoms with Crippen LogP contribution in [0.4, 0.5) is 5.69 Å². The summed E-state index contributed by atoms with van der Waals surface area (Å²) in [4.78, 5) is 0. The van der Waals surface area contributed by atoms with Crippen LogP contribution in [0.15, 0.2) is 53.8 Å². The molecule has 0 aliphatic carbocycles. The summed E-state index contributed by atoms with van der Waals surface area (Å²) in [5.74, 6) is 0. The van der Waals surface area contributed by atoms with Crippen molar-refractivity contribution in [2.45, 2.75) is 34.6 Å². The van der Waals surface area contributed by atoms with Gasteiger partial charge >= 0.3 is 0 Å². The number of nitrogens with one attached hydrogen (secondary N) is 1. The zero-order valence-corrected chi connectivity index (χ0v) is 11.5. The first kappa shape index (κ1) is 13.6. The van der Waals surface area contributed by atoms with E-state index in [9.17, 15) is 0 Å². The van der Waals surface area contributed by atoms with E-state index in [1.165, 1.54) is 11.3 Å². The highest BCUT2D eigenvalue weighted by Gasteiger charge is 2.13. The van der Waals surface area contributed by atoms with Gasteiger partial charge in [0.1, 0.15) is 0 Å². The van der Waals surface area contributed by atoms with Gasteiger partial charge in [0.15, 0.2) is 0 Å². The van der Waals surface area contributed by atoms with Crippen LogP contribution < -0.4 is 5.32 Å². The number of para-hydroxylation sites is 1. The molecule has 0 atom stereocenters. The molecule has 1 aromatic rings.